The highest BCUT2D eigenvalue weighted by molar-refractivity contribution is 7.22. The van der Waals surface area contributed by atoms with Crippen molar-refractivity contribution in [3.05, 3.63) is 53.8 Å². The maximum atomic E-state index is 13.3. The number of benzene rings is 2. The summed E-state index contributed by atoms with van der Waals surface area (Å²) in [6.07, 6.45) is 0.102. The van der Waals surface area contributed by atoms with E-state index >= 15 is 0 Å². The molecule has 134 valence electrons. The first kappa shape index (κ1) is 16.8. The molecule has 1 aliphatic heterocycles. The van der Waals surface area contributed by atoms with E-state index in [0.29, 0.717) is 13.1 Å². The van der Waals surface area contributed by atoms with E-state index in [1.807, 2.05) is 29.2 Å². The molecule has 0 atom stereocenters. The first-order valence-electron chi connectivity index (χ1n) is 8.24. The topological polar surface area (TPSA) is 51.7 Å². The molecule has 0 saturated carbocycles. The normalized spacial score (nSPS) is 14.3. The summed E-state index contributed by atoms with van der Waals surface area (Å²) in [4.78, 5) is 18.6. The molecule has 0 N–H and O–H groups in total. The number of hydrogen-bond acceptors (Lipinski definition) is 6. The number of esters is 1. The smallest absolute Gasteiger partial charge is 0.310 e. The average molecular weight is 372 g/mol. The number of ether oxygens (including phenoxy) is 2. The average Bonchev–Trinajstić information content (AvgIpc) is 3.00. The second-order valence-corrected chi connectivity index (χ2v) is 7.16. The van der Waals surface area contributed by atoms with E-state index < -0.39 is 0 Å². The van der Waals surface area contributed by atoms with Gasteiger partial charge in [0, 0.05) is 0 Å². The first-order chi connectivity index (χ1) is 12.6. The van der Waals surface area contributed by atoms with Gasteiger partial charge >= 0.3 is 5.97 Å². The van der Waals surface area contributed by atoms with Crippen LogP contribution in [-0.2, 0) is 16.0 Å². The largest absolute Gasteiger partial charge is 0.497 e. The van der Waals surface area contributed by atoms with Gasteiger partial charge in [0.2, 0.25) is 0 Å². The summed E-state index contributed by atoms with van der Waals surface area (Å²) in [5.74, 6) is 0.250. The van der Waals surface area contributed by atoms with Gasteiger partial charge < -0.3 is 14.4 Å². The molecule has 2 heterocycles. The number of carbonyl (C=O) groups is 1. The third-order valence-electron chi connectivity index (χ3n) is 4.26. The molecular weight excluding hydrogens is 355 g/mol. The second-order valence-electron chi connectivity index (χ2n) is 6.15. The van der Waals surface area contributed by atoms with Crippen LogP contribution in [0.15, 0.2) is 42.5 Å². The Kier molecular flexibility index (Phi) is 4.46. The lowest BCUT2D eigenvalue weighted by Gasteiger charge is -2.38. The molecule has 5 nitrogen and oxygen atoms in total. The van der Waals surface area contributed by atoms with Gasteiger partial charge in [0.05, 0.1) is 36.8 Å². The lowest BCUT2D eigenvalue weighted by molar-refractivity contribution is -0.149. The van der Waals surface area contributed by atoms with Crippen molar-refractivity contribution in [3.63, 3.8) is 0 Å². The van der Waals surface area contributed by atoms with Gasteiger partial charge in [-0.3, -0.25) is 4.79 Å². The minimum Gasteiger partial charge on any atom is -0.497 e. The van der Waals surface area contributed by atoms with Gasteiger partial charge in [-0.05, 0) is 35.9 Å². The van der Waals surface area contributed by atoms with E-state index in [9.17, 15) is 9.18 Å². The van der Waals surface area contributed by atoms with Gasteiger partial charge in [0.1, 0.15) is 17.7 Å². The molecule has 0 bridgehead atoms. The highest BCUT2D eigenvalue weighted by atomic mass is 32.1. The number of anilines is 1. The molecule has 1 aliphatic rings. The molecule has 0 unspecified atom stereocenters. The van der Waals surface area contributed by atoms with Gasteiger partial charge in [-0.15, -0.1) is 0 Å². The molecule has 3 aromatic rings. The number of halogens is 1. The maximum absolute atomic E-state index is 13.3. The Morgan fingerprint density at radius 2 is 2.04 bits per heavy atom. The van der Waals surface area contributed by atoms with Crippen molar-refractivity contribution < 1.29 is 18.7 Å². The molecular formula is C19H17FN2O3S. The summed E-state index contributed by atoms with van der Waals surface area (Å²) in [5, 5.41) is 0.827. The molecule has 2 aromatic carbocycles. The Bertz CT molecular complexity index is 936. The lowest BCUT2D eigenvalue weighted by Crippen LogP contribution is -2.53. The summed E-state index contributed by atoms with van der Waals surface area (Å²) in [7, 11) is 1.60. The quantitative estimate of drug-likeness (QED) is 0.643. The van der Waals surface area contributed by atoms with Crippen molar-refractivity contribution in [2.24, 2.45) is 0 Å². The Morgan fingerprint density at radius 3 is 2.77 bits per heavy atom. The minimum atomic E-state index is -0.262. The fourth-order valence-corrected chi connectivity index (χ4v) is 3.84. The minimum absolute atomic E-state index is 0.135. The van der Waals surface area contributed by atoms with Crippen molar-refractivity contribution in [1.82, 2.24) is 4.98 Å². The van der Waals surface area contributed by atoms with Crippen LogP contribution in [0.5, 0.6) is 5.75 Å². The van der Waals surface area contributed by atoms with Gasteiger partial charge in [-0.25, -0.2) is 9.37 Å². The van der Waals surface area contributed by atoms with E-state index in [1.54, 1.807) is 13.2 Å². The number of rotatable bonds is 5. The third kappa shape index (κ3) is 3.48. The number of aromatic nitrogens is 1. The molecule has 0 radical (unpaired) electrons. The SMILES string of the molecule is COc1ccc(CC(=O)OC2CN(c3nc4ccc(F)cc4s3)C2)cc1. The summed E-state index contributed by atoms with van der Waals surface area (Å²) in [6, 6.07) is 11.9. The molecule has 4 rings (SSSR count). The first-order valence-corrected chi connectivity index (χ1v) is 9.06. The van der Waals surface area contributed by atoms with Crippen molar-refractivity contribution in [1.29, 1.82) is 0 Å². The maximum Gasteiger partial charge on any atom is 0.310 e. The standard InChI is InChI=1S/C19H17FN2O3S/c1-24-14-5-2-12(3-6-14)8-18(23)25-15-10-22(11-15)19-21-16-7-4-13(20)9-17(16)26-19/h2-7,9,15H,8,10-11H2,1H3. The monoisotopic (exact) mass is 372 g/mol. The molecule has 0 aliphatic carbocycles. The lowest BCUT2D eigenvalue weighted by atomic mass is 10.1. The van der Waals surface area contributed by atoms with Crippen molar-refractivity contribution in [2.45, 2.75) is 12.5 Å². The number of methoxy groups -OCH3 is 1. The Morgan fingerprint density at radius 1 is 1.27 bits per heavy atom. The van der Waals surface area contributed by atoms with Gasteiger partial charge in [0.15, 0.2) is 5.13 Å². The van der Waals surface area contributed by atoms with Gasteiger partial charge in [-0.2, -0.15) is 0 Å². The van der Waals surface area contributed by atoms with Crippen LogP contribution in [0.1, 0.15) is 5.56 Å². The number of hydrogen-bond donors (Lipinski definition) is 0. The zero-order chi connectivity index (χ0) is 18.1. The summed E-state index contributed by atoms with van der Waals surface area (Å²) >= 11 is 1.44. The fourth-order valence-electron chi connectivity index (χ4n) is 2.83. The highest BCUT2D eigenvalue weighted by Gasteiger charge is 2.32. The van der Waals surface area contributed by atoms with Crippen molar-refractivity contribution >= 4 is 32.7 Å². The molecule has 1 fully saturated rings. The predicted molar refractivity (Wildman–Crippen MR) is 98.4 cm³/mol. The summed E-state index contributed by atoms with van der Waals surface area (Å²) in [5.41, 5.74) is 1.67. The van der Waals surface area contributed by atoms with Crippen LogP contribution >= 0.6 is 11.3 Å². The second kappa shape index (κ2) is 6.92. The number of fused-ring (bicyclic) bond motifs is 1. The van der Waals surface area contributed by atoms with Crippen LogP contribution in [-0.4, -0.2) is 37.3 Å². The van der Waals surface area contributed by atoms with Crippen LogP contribution in [0.3, 0.4) is 0 Å². The number of carbonyl (C=O) groups excluding carboxylic acids is 1. The van der Waals surface area contributed by atoms with Crippen molar-refractivity contribution in [3.8, 4) is 5.75 Å². The number of nitrogens with zero attached hydrogens (tertiary/aromatic N) is 2. The fraction of sp³-hybridized carbons (Fsp3) is 0.263. The molecule has 1 saturated heterocycles. The van der Waals surface area contributed by atoms with Gasteiger partial charge in [-0.1, -0.05) is 23.5 Å². The van der Waals surface area contributed by atoms with E-state index in [4.69, 9.17) is 9.47 Å². The zero-order valence-electron chi connectivity index (χ0n) is 14.1. The van der Waals surface area contributed by atoms with Crippen LogP contribution in [0, 0.1) is 5.82 Å². The Labute approximate surface area is 154 Å². The molecule has 0 spiro atoms. The zero-order valence-corrected chi connectivity index (χ0v) is 15.0. The summed E-state index contributed by atoms with van der Waals surface area (Å²) < 4.78 is 24.7. The van der Waals surface area contributed by atoms with Crippen LogP contribution in [0.4, 0.5) is 9.52 Å². The van der Waals surface area contributed by atoms with Crippen molar-refractivity contribution in [2.75, 3.05) is 25.1 Å². The molecule has 0 amide bonds. The Balaban J connectivity index is 1.30. The van der Waals surface area contributed by atoms with Crippen LogP contribution in [0.25, 0.3) is 10.2 Å². The van der Waals surface area contributed by atoms with E-state index in [0.717, 1.165) is 26.7 Å². The number of thiazole rings is 1. The Hall–Kier alpha value is -2.67. The molecule has 26 heavy (non-hydrogen) atoms. The van der Waals surface area contributed by atoms with E-state index in [1.165, 1.54) is 23.5 Å². The van der Waals surface area contributed by atoms with Crippen LogP contribution < -0.4 is 9.64 Å². The molecule has 1 aromatic heterocycles. The molecule has 7 heteroatoms. The summed E-state index contributed by atoms with van der Waals surface area (Å²) in [6.45, 7) is 1.22. The van der Waals surface area contributed by atoms with Crippen LogP contribution in [0.2, 0.25) is 0 Å². The highest BCUT2D eigenvalue weighted by Crippen LogP contribution is 2.32. The van der Waals surface area contributed by atoms with E-state index in [2.05, 4.69) is 4.98 Å². The van der Waals surface area contributed by atoms with Gasteiger partial charge in [0.25, 0.3) is 0 Å². The third-order valence-corrected chi connectivity index (χ3v) is 5.34. The van der Waals surface area contributed by atoms with E-state index in [-0.39, 0.29) is 24.3 Å². The predicted octanol–water partition coefficient (Wildman–Crippen LogP) is 3.42.